The van der Waals surface area contributed by atoms with Crippen molar-refractivity contribution in [1.29, 1.82) is 0 Å². The molecule has 180 valence electrons. The van der Waals surface area contributed by atoms with Gasteiger partial charge in [-0.3, -0.25) is 14.5 Å². The van der Waals surface area contributed by atoms with Crippen molar-refractivity contribution in [3.05, 3.63) is 93.0 Å². The summed E-state index contributed by atoms with van der Waals surface area (Å²) in [6.45, 7) is 3.98. The predicted octanol–water partition coefficient (Wildman–Crippen LogP) is 6.32. The van der Waals surface area contributed by atoms with Crippen LogP contribution in [0.2, 0.25) is 0 Å². The van der Waals surface area contributed by atoms with Crippen molar-refractivity contribution in [1.82, 2.24) is 4.98 Å². The first-order valence-electron chi connectivity index (χ1n) is 11.5. The first-order valence-corrected chi connectivity index (χ1v) is 13.1. The predicted molar refractivity (Wildman–Crippen MR) is 144 cm³/mol. The minimum Gasteiger partial charge on any atom is -0.507 e. The van der Waals surface area contributed by atoms with Crippen molar-refractivity contribution in [2.45, 2.75) is 32.4 Å². The van der Waals surface area contributed by atoms with Crippen LogP contribution in [-0.4, -0.2) is 27.9 Å². The number of carbonyl (C=O) groups is 2. The summed E-state index contributed by atoms with van der Waals surface area (Å²) in [7, 11) is 0. The number of benzene rings is 3. The van der Waals surface area contributed by atoms with Gasteiger partial charge in [0.1, 0.15) is 17.6 Å². The smallest absolute Gasteiger partial charge is 0.301 e. The summed E-state index contributed by atoms with van der Waals surface area (Å²) in [5, 5.41) is 11.9. The Morgan fingerprint density at radius 2 is 1.89 bits per heavy atom. The van der Waals surface area contributed by atoms with Gasteiger partial charge in [-0.25, -0.2) is 4.98 Å². The lowest BCUT2D eigenvalue weighted by Gasteiger charge is -2.23. The number of Topliss-reactive ketones (excluding diaryl/α,β-unsaturated/α-hetero) is 1. The van der Waals surface area contributed by atoms with E-state index in [9.17, 15) is 14.7 Å². The van der Waals surface area contributed by atoms with Crippen molar-refractivity contribution in [2.24, 2.45) is 0 Å². The standard InChI is InChI=1S/C28H21BrN2O4S/c1-14-3-9-20-22(11-14)36-28(30-20)31-24(16-4-7-19(29)8-5-16)23(26(33)27(31)34)25(32)17-6-10-21-18(13-17)12-15(2)35-21/h3-11,13,15,24,32H,12H2,1-2H3/b25-23-. The third-order valence-electron chi connectivity index (χ3n) is 6.54. The molecule has 6 rings (SSSR count). The number of ketones is 1. The van der Waals surface area contributed by atoms with Crippen LogP contribution in [0.15, 0.2) is 70.7 Å². The Labute approximate surface area is 220 Å². The molecule has 8 heteroatoms. The van der Waals surface area contributed by atoms with Gasteiger partial charge < -0.3 is 9.84 Å². The molecular formula is C28H21BrN2O4S. The molecule has 3 heterocycles. The fourth-order valence-corrected chi connectivity index (χ4v) is 6.19. The van der Waals surface area contributed by atoms with Crippen LogP contribution in [0.1, 0.15) is 35.2 Å². The maximum absolute atomic E-state index is 13.4. The fraction of sp³-hybridized carbons (Fsp3) is 0.179. The summed E-state index contributed by atoms with van der Waals surface area (Å²) >= 11 is 4.80. The number of nitrogens with zero attached hydrogens (tertiary/aromatic N) is 2. The SMILES string of the molecule is Cc1ccc2nc(N3C(=O)C(=O)/C(=C(\O)c4ccc5c(c4)CC(C)O5)C3c3ccc(Br)cc3)sc2c1. The molecule has 36 heavy (non-hydrogen) atoms. The van der Waals surface area contributed by atoms with E-state index >= 15 is 0 Å². The Hall–Kier alpha value is -3.49. The molecule has 1 amide bonds. The van der Waals surface area contributed by atoms with Gasteiger partial charge in [0.15, 0.2) is 5.13 Å². The number of anilines is 1. The molecule has 1 saturated heterocycles. The first kappa shape index (κ1) is 22.9. The Balaban J connectivity index is 1.53. The quantitative estimate of drug-likeness (QED) is 0.180. The number of aliphatic hydroxyl groups is 1. The van der Waals surface area contributed by atoms with Crippen molar-refractivity contribution in [3.63, 3.8) is 0 Å². The molecule has 0 aliphatic carbocycles. The third kappa shape index (κ3) is 3.72. The van der Waals surface area contributed by atoms with Gasteiger partial charge >= 0.3 is 5.91 Å². The van der Waals surface area contributed by atoms with E-state index in [1.807, 2.05) is 62.4 Å². The lowest BCUT2D eigenvalue weighted by molar-refractivity contribution is -0.132. The summed E-state index contributed by atoms with van der Waals surface area (Å²) < 4.78 is 7.57. The Kier molecular flexibility index (Phi) is 5.46. The van der Waals surface area contributed by atoms with E-state index in [2.05, 4.69) is 20.9 Å². The van der Waals surface area contributed by atoms with Crippen molar-refractivity contribution in [3.8, 4) is 5.75 Å². The van der Waals surface area contributed by atoms with E-state index in [0.717, 1.165) is 31.6 Å². The van der Waals surface area contributed by atoms with Crippen LogP contribution < -0.4 is 9.64 Å². The molecule has 2 aliphatic heterocycles. The van der Waals surface area contributed by atoms with Gasteiger partial charge in [-0.1, -0.05) is 45.5 Å². The molecule has 1 fully saturated rings. The van der Waals surface area contributed by atoms with Crippen molar-refractivity contribution in [2.75, 3.05) is 4.90 Å². The average Bonchev–Trinajstić information content (AvgIpc) is 3.51. The van der Waals surface area contributed by atoms with Crippen LogP contribution in [0, 0.1) is 6.92 Å². The maximum Gasteiger partial charge on any atom is 0.301 e. The summed E-state index contributed by atoms with van der Waals surface area (Å²) in [5.74, 6) is -0.879. The van der Waals surface area contributed by atoms with Gasteiger partial charge in [-0.2, -0.15) is 0 Å². The van der Waals surface area contributed by atoms with Crippen LogP contribution in [0.5, 0.6) is 5.75 Å². The number of hydrogen-bond acceptors (Lipinski definition) is 6. The number of halogens is 1. The molecule has 0 spiro atoms. The van der Waals surface area contributed by atoms with E-state index in [4.69, 9.17) is 4.74 Å². The summed E-state index contributed by atoms with van der Waals surface area (Å²) in [6, 6.07) is 17.8. The van der Waals surface area contributed by atoms with Crippen LogP contribution >= 0.6 is 27.3 Å². The summed E-state index contributed by atoms with van der Waals surface area (Å²) in [4.78, 5) is 33.0. The van der Waals surface area contributed by atoms with Crippen LogP contribution in [-0.2, 0) is 16.0 Å². The number of fused-ring (bicyclic) bond motifs is 2. The maximum atomic E-state index is 13.4. The highest BCUT2D eigenvalue weighted by Crippen LogP contribution is 2.45. The van der Waals surface area contributed by atoms with Gasteiger partial charge in [-0.05, 0) is 73.0 Å². The third-order valence-corrected chi connectivity index (χ3v) is 8.08. The minimum absolute atomic E-state index is 0.0460. The second-order valence-corrected chi connectivity index (χ2v) is 11.1. The molecule has 1 N–H and O–H groups in total. The fourth-order valence-electron chi connectivity index (χ4n) is 4.84. The molecule has 6 nitrogen and oxygen atoms in total. The van der Waals surface area contributed by atoms with E-state index in [1.54, 1.807) is 12.1 Å². The van der Waals surface area contributed by atoms with Crippen LogP contribution in [0.3, 0.4) is 0 Å². The number of aromatic nitrogens is 1. The van der Waals surface area contributed by atoms with Crippen LogP contribution in [0.4, 0.5) is 5.13 Å². The Bertz CT molecular complexity index is 1590. The molecular weight excluding hydrogens is 540 g/mol. The highest BCUT2D eigenvalue weighted by Gasteiger charge is 2.48. The van der Waals surface area contributed by atoms with E-state index in [-0.39, 0.29) is 17.4 Å². The molecule has 1 aromatic heterocycles. The van der Waals surface area contributed by atoms with Gasteiger partial charge in [-0.15, -0.1) is 0 Å². The number of aliphatic hydroxyl groups excluding tert-OH is 1. The van der Waals surface area contributed by atoms with Gasteiger partial charge in [0.05, 0.1) is 21.8 Å². The zero-order chi connectivity index (χ0) is 25.1. The van der Waals surface area contributed by atoms with E-state index in [0.29, 0.717) is 22.7 Å². The zero-order valence-corrected chi connectivity index (χ0v) is 21.9. The molecule has 2 unspecified atom stereocenters. The molecule has 0 bridgehead atoms. The molecule has 4 aromatic rings. The second kappa shape index (κ2) is 8.57. The Morgan fingerprint density at radius 3 is 2.67 bits per heavy atom. The number of thiazole rings is 1. The average molecular weight is 561 g/mol. The molecule has 2 aliphatic rings. The first-order chi connectivity index (χ1) is 17.3. The molecule has 0 saturated carbocycles. The molecule has 2 atom stereocenters. The normalized spacial score (nSPS) is 20.7. The number of ether oxygens (including phenoxy) is 1. The second-order valence-electron chi connectivity index (χ2n) is 9.14. The monoisotopic (exact) mass is 560 g/mol. The number of amides is 1. The largest absolute Gasteiger partial charge is 0.507 e. The summed E-state index contributed by atoms with van der Waals surface area (Å²) in [5.41, 5.74) is 4.02. The van der Waals surface area contributed by atoms with Gasteiger partial charge in [0.25, 0.3) is 5.78 Å². The number of aryl methyl sites for hydroxylation is 1. The highest BCUT2D eigenvalue weighted by molar-refractivity contribution is 9.10. The number of hydrogen-bond donors (Lipinski definition) is 1. The van der Waals surface area contributed by atoms with Crippen molar-refractivity contribution < 1.29 is 19.4 Å². The van der Waals surface area contributed by atoms with E-state index < -0.39 is 17.7 Å². The topological polar surface area (TPSA) is 79.7 Å². The Morgan fingerprint density at radius 1 is 1.11 bits per heavy atom. The van der Waals surface area contributed by atoms with Crippen LogP contribution in [0.25, 0.3) is 16.0 Å². The zero-order valence-electron chi connectivity index (χ0n) is 19.5. The molecule has 3 aromatic carbocycles. The lowest BCUT2D eigenvalue weighted by Crippen LogP contribution is -2.29. The summed E-state index contributed by atoms with van der Waals surface area (Å²) in [6.07, 6.45) is 0.764. The van der Waals surface area contributed by atoms with Gasteiger partial charge in [0.2, 0.25) is 0 Å². The van der Waals surface area contributed by atoms with Crippen molar-refractivity contribution >= 4 is 60.1 Å². The number of carbonyl (C=O) groups excluding carboxylic acids is 2. The highest BCUT2D eigenvalue weighted by atomic mass is 79.9. The lowest BCUT2D eigenvalue weighted by atomic mass is 9.94. The minimum atomic E-state index is -0.816. The number of rotatable bonds is 3. The molecule has 0 radical (unpaired) electrons. The van der Waals surface area contributed by atoms with Gasteiger partial charge in [0, 0.05) is 16.5 Å². The van der Waals surface area contributed by atoms with E-state index in [1.165, 1.54) is 16.2 Å².